The highest BCUT2D eigenvalue weighted by Crippen LogP contribution is 2.31. The Bertz CT molecular complexity index is 1060. The summed E-state index contributed by atoms with van der Waals surface area (Å²) in [4.78, 5) is 21.8. The third-order valence-electron chi connectivity index (χ3n) is 5.86. The third-order valence-corrected chi connectivity index (χ3v) is 6.62. The molecule has 168 valence electrons. The summed E-state index contributed by atoms with van der Waals surface area (Å²) in [5, 5.41) is 5.66. The minimum Gasteiger partial charge on any atom is -0.497 e. The van der Waals surface area contributed by atoms with Gasteiger partial charge in [-0.2, -0.15) is 0 Å². The highest BCUT2D eigenvalue weighted by molar-refractivity contribution is 7.14. The van der Waals surface area contributed by atoms with Gasteiger partial charge in [0.1, 0.15) is 5.75 Å². The maximum Gasteiger partial charge on any atom is 0.240 e. The van der Waals surface area contributed by atoms with Gasteiger partial charge in [-0.1, -0.05) is 17.7 Å². The number of nitrogens with zero attached hydrogens (tertiary/aromatic N) is 3. The molecule has 1 amide bonds. The molecular formula is C25H30N4O2S. The van der Waals surface area contributed by atoms with Gasteiger partial charge in [0.15, 0.2) is 5.13 Å². The first-order valence-corrected chi connectivity index (χ1v) is 11.8. The number of amides is 1. The zero-order chi connectivity index (χ0) is 22.7. The number of piperazine rings is 1. The molecule has 1 fully saturated rings. The van der Waals surface area contributed by atoms with Crippen LogP contribution in [-0.4, -0.2) is 55.6 Å². The molecule has 32 heavy (non-hydrogen) atoms. The zero-order valence-electron chi connectivity index (χ0n) is 19.1. The number of anilines is 2. The maximum absolute atomic E-state index is 12.6. The number of thiazole rings is 1. The lowest BCUT2D eigenvalue weighted by molar-refractivity contribution is -0.117. The van der Waals surface area contributed by atoms with Crippen LogP contribution in [0.4, 0.5) is 10.8 Å². The van der Waals surface area contributed by atoms with Gasteiger partial charge in [0.05, 0.1) is 19.3 Å². The molecular weight excluding hydrogens is 420 g/mol. The van der Waals surface area contributed by atoms with Crippen molar-refractivity contribution in [2.75, 3.05) is 50.1 Å². The number of benzene rings is 2. The van der Waals surface area contributed by atoms with Crippen molar-refractivity contribution in [3.63, 3.8) is 0 Å². The van der Waals surface area contributed by atoms with Gasteiger partial charge in [-0.05, 0) is 56.2 Å². The topological polar surface area (TPSA) is 57.7 Å². The lowest BCUT2D eigenvalue weighted by atomic mass is 9.98. The van der Waals surface area contributed by atoms with Crippen LogP contribution in [0.25, 0.3) is 11.3 Å². The second-order valence-corrected chi connectivity index (χ2v) is 9.18. The molecule has 7 heteroatoms. The Morgan fingerprint density at radius 2 is 1.72 bits per heavy atom. The number of aryl methyl sites for hydroxylation is 3. The van der Waals surface area contributed by atoms with E-state index >= 15 is 0 Å². The van der Waals surface area contributed by atoms with Crippen molar-refractivity contribution >= 4 is 28.1 Å². The van der Waals surface area contributed by atoms with E-state index in [0.717, 1.165) is 43.2 Å². The highest BCUT2D eigenvalue weighted by atomic mass is 32.1. The number of hydrogen-bond donors (Lipinski definition) is 1. The van der Waals surface area contributed by atoms with Crippen LogP contribution in [0, 0.1) is 20.8 Å². The number of carbonyl (C=O) groups is 1. The summed E-state index contributed by atoms with van der Waals surface area (Å²) in [7, 11) is 1.68. The van der Waals surface area contributed by atoms with Crippen LogP contribution in [0.5, 0.6) is 5.75 Å². The first-order chi connectivity index (χ1) is 15.4. The largest absolute Gasteiger partial charge is 0.497 e. The standard InChI is InChI=1S/C25H30N4O2S/c1-17-13-18(2)24(19(3)14-17)22-16-32-25(26-22)27-23(30)15-28-9-11-29(12-10-28)20-5-7-21(31-4)8-6-20/h5-8,13-14,16H,9-12,15H2,1-4H3,(H,26,27,30). The van der Waals surface area contributed by atoms with Gasteiger partial charge >= 0.3 is 0 Å². The molecule has 1 saturated heterocycles. The summed E-state index contributed by atoms with van der Waals surface area (Å²) in [6, 6.07) is 12.5. The molecule has 1 aliphatic rings. The molecule has 1 aromatic heterocycles. The van der Waals surface area contributed by atoms with Gasteiger partial charge in [0.2, 0.25) is 5.91 Å². The van der Waals surface area contributed by atoms with Crippen molar-refractivity contribution in [2.24, 2.45) is 0 Å². The van der Waals surface area contributed by atoms with Crippen LogP contribution in [0.1, 0.15) is 16.7 Å². The first-order valence-electron chi connectivity index (χ1n) is 10.9. The van der Waals surface area contributed by atoms with Crippen molar-refractivity contribution < 1.29 is 9.53 Å². The number of methoxy groups -OCH3 is 1. The van der Waals surface area contributed by atoms with Gasteiger partial charge < -0.3 is 15.0 Å². The van der Waals surface area contributed by atoms with E-state index in [1.165, 1.54) is 33.7 Å². The number of carbonyl (C=O) groups excluding carboxylic acids is 1. The van der Waals surface area contributed by atoms with E-state index in [0.29, 0.717) is 11.7 Å². The molecule has 0 unspecified atom stereocenters. The van der Waals surface area contributed by atoms with E-state index in [4.69, 9.17) is 4.74 Å². The predicted octanol–water partition coefficient (Wildman–Crippen LogP) is 4.50. The fourth-order valence-electron chi connectivity index (χ4n) is 4.35. The molecule has 3 aromatic rings. The zero-order valence-corrected chi connectivity index (χ0v) is 20.0. The summed E-state index contributed by atoms with van der Waals surface area (Å²) in [5.74, 6) is 0.850. The molecule has 0 aliphatic carbocycles. The second kappa shape index (κ2) is 9.71. The van der Waals surface area contributed by atoms with E-state index in [2.05, 4.69) is 65.1 Å². The van der Waals surface area contributed by atoms with Gasteiger partial charge in [0.25, 0.3) is 0 Å². The van der Waals surface area contributed by atoms with E-state index in [9.17, 15) is 4.79 Å². The van der Waals surface area contributed by atoms with Crippen LogP contribution in [0.3, 0.4) is 0 Å². The van der Waals surface area contributed by atoms with Crippen LogP contribution < -0.4 is 15.0 Å². The number of nitrogens with one attached hydrogen (secondary N) is 1. The van der Waals surface area contributed by atoms with Gasteiger partial charge in [-0.3, -0.25) is 9.69 Å². The predicted molar refractivity (Wildman–Crippen MR) is 132 cm³/mol. The van der Waals surface area contributed by atoms with Crippen LogP contribution in [0.15, 0.2) is 41.8 Å². The minimum atomic E-state index is -0.0128. The van der Waals surface area contributed by atoms with Gasteiger partial charge in [-0.25, -0.2) is 4.98 Å². The quantitative estimate of drug-likeness (QED) is 0.599. The van der Waals surface area contributed by atoms with Crippen molar-refractivity contribution in [1.29, 1.82) is 0 Å². The Labute approximate surface area is 193 Å². The number of aromatic nitrogens is 1. The SMILES string of the molecule is COc1ccc(N2CCN(CC(=O)Nc3nc(-c4c(C)cc(C)cc4C)cs3)CC2)cc1. The van der Waals surface area contributed by atoms with E-state index in [1.54, 1.807) is 7.11 Å². The van der Waals surface area contributed by atoms with Crippen LogP contribution in [-0.2, 0) is 4.79 Å². The summed E-state index contributed by atoms with van der Waals surface area (Å²) in [6.07, 6.45) is 0. The molecule has 0 atom stereocenters. The summed E-state index contributed by atoms with van der Waals surface area (Å²) in [5.41, 5.74) is 6.93. The van der Waals surface area contributed by atoms with Crippen molar-refractivity contribution in [3.8, 4) is 17.0 Å². The van der Waals surface area contributed by atoms with E-state index in [1.807, 2.05) is 17.5 Å². The summed E-state index contributed by atoms with van der Waals surface area (Å²) in [6.45, 7) is 10.2. The average Bonchev–Trinajstić information content (AvgIpc) is 3.21. The Kier molecular flexibility index (Phi) is 6.77. The normalized spacial score (nSPS) is 14.4. The molecule has 0 bridgehead atoms. The fourth-order valence-corrected chi connectivity index (χ4v) is 5.07. The lowest BCUT2D eigenvalue weighted by Gasteiger charge is -2.35. The van der Waals surface area contributed by atoms with E-state index in [-0.39, 0.29) is 5.91 Å². The Morgan fingerprint density at radius 3 is 2.34 bits per heavy atom. The Morgan fingerprint density at radius 1 is 1.06 bits per heavy atom. The molecule has 1 N–H and O–H groups in total. The molecule has 2 aromatic carbocycles. The van der Waals surface area contributed by atoms with Crippen molar-refractivity contribution in [2.45, 2.75) is 20.8 Å². The number of rotatable bonds is 6. The smallest absolute Gasteiger partial charge is 0.240 e. The van der Waals surface area contributed by atoms with Crippen molar-refractivity contribution in [1.82, 2.24) is 9.88 Å². The molecule has 0 radical (unpaired) electrons. The van der Waals surface area contributed by atoms with Crippen LogP contribution >= 0.6 is 11.3 Å². The maximum atomic E-state index is 12.6. The summed E-state index contributed by atoms with van der Waals surface area (Å²) < 4.78 is 5.23. The molecule has 4 rings (SSSR count). The molecule has 6 nitrogen and oxygen atoms in total. The van der Waals surface area contributed by atoms with Crippen LogP contribution in [0.2, 0.25) is 0 Å². The third kappa shape index (κ3) is 5.11. The summed E-state index contributed by atoms with van der Waals surface area (Å²) >= 11 is 1.48. The van der Waals surface area contributed by atoms with Crippen molar-refractivity contribution in [3.05, 3.63) is 58.5 Å². The molecule has 0 spiro atoms. The monoisotopic (exact) mass is 450 g/mol. The molecule has 1 aliphatic heterocycles. The highest BCUT2D eigenvalue weighted by Gasteiger charge is 2.20. The van der Waals surface area contributed by atoms with Gasteiger partial charge in [-0.15, -0.1) is 11.3 Å². The minimum absolute atomic E-state index is 0.0128. The van der Waals surface area contributed by atoms with E-state index < -0.39 is 0 Å². The van der Waals surface area contributed by atoms with Gasteiger partial charge in [0, 0.05) is 42.8 Å². The first kappa shape index (κ1) is 22.3. The Hall–Kier alpha value is -2.90. The number of ether oxygens (including phenoxy) is 1. The molecule has 2 heterocycles. The number of hydrogen-bond acceptors (Lipinski definition) is 6. The fraction of sp³-hybridized carbons (Fsp3) is 0.360. The average molecular weight is 451 g/mol. The molecule has 0 saturated carbocycles. The Balaban J connectivity index is 1.30. The second-order valence-electron chi connectivity index (χ2n) is 8.32. The lowest BCUT2D eigenvalue weighted by Crippen LogP contribution is -2.48.